The van der Waals surface area contributed by atoms with E-state index in [4.69, 9.17) is 0 Å². The number of hydrogen-bond donors (Lipinski definition) is 1. The number of likely N-dealkylation sites (tertiary alicyclic amines) is 1. The maximum atomic E-state index is 12.8. The van der Waals surface area contributed by atoms with Crippen LogP contribution in [0.3, 0.4) is 0 Å². The largest absolute Gasteiger partial charge is 0.339 e. The SMILES string of the molecule is CCC(NS(=O)(=O)c1cccc(C(=O)N2CCCC2)c1)c1ccccn1. The zero-order chi connectivity index (χ0) is 18.6. The first-order chi connectivity index (χ1) is 12.5. The van der Waals surface area contributed by atoms with Gasteiger partial charge in [0.25, 0.3) is 5.91 Å². The third-order valence-corrected chi connectivity index (χ3v) is 6.00. The summed E-state index contributed by atoms with van der Waals surface area (Å²) in [6.07, 6.45) is 4.20. The van der Waals surface area contributed by atoms with Gasteiger partial charge in [0.15, 0.2) is 0 Å². The van der Waals surface area contributed by atoms with Gasteiger partial charge in [-0.25, -0.2) is 13.1 Å². The second kappa shape index (κ2) is 7.97. The molecule has 0 spiro atoms. The van der Waals surface area contributed by atoms with Gasteiger partial charge in [-0.2, -0.15) is 0 Å². The van der Waals surface area contributed by atoms with Gasteiger partial charge in [-0.05, 0) is 49.6 Å². The highest BCUT2D eigenvalue weighted by molar-refractivity contribution is 7.89. The lowest BCUT2D eigenvalue weighted by atomic mass is 10.1. The lowest BCUT2D eigenvalue weighted by molar-refractivity contribution is 0.0792. The summed E-state index contributed by atoms with van der Waals surface area (Å²) in [6.45, 7) is 3.35. The molecule has 1 amide bonds. The van der Waals surface area contributed by atoms with Crippen LogP contribution in [0.15, 0.2) is 53.6 Å². The molecule has 1 unspecified atom stereocenters. The fourth-order valence-electron chi connectivity index (χ4n) is 3.09. The lowest BCUT2D eigenvalue weighted by Crippen LogP contribution is -2.30. The highest BCUT2D eigenvalue weighted by Crippen LogP contribution is 2.20. The lowest BCUT2D eigenvalue weighted by Gasteiger charge is -2.18. The van der Waals surface area contributed by atoms with Crippen LogP contribution in [0.2, 0.25) is 0 Å². The molecule has 6 nitrogen and oxygen atoms in total. The van der Waals surface area contributed by atoms with E-state index in [0.29, 0.717) is 17.7 Å². The van der Waals surface area contributed by atoms with Crippen LogP contribution in [0.1, 0.15) is 48.3 Å². The highest BCUT2D eigenvalue weighted by Gasteiger charge is 2.24. The molecule has 0 bridgehead atoms. The van der Waals surface area contributed by atoms with Gasteiger partial charge >= 0.3 is 0 Å². The van der Waals surface area contributed by atoms with Crippen LogP contribution in [0.25, 0.3) is 0 Å². The summed E-state index contributed by atoms with van der Waals surface area (Å²) in [7, 11) is -3.76. The first-order valence-electron chi connectivity index (χ1n) is 8.84. The molecule has 138 valence electrons. The second-order valence-electron chi connectivity index (χ2n) is 6.36. The number of sulfonamides is 1. The summed E-state index contributed by atoms with van der Waals surface area (Å²) in [4.78, 5) is 18.6. The Morgan fingerprint density at radius 1 is 1.19 bits per heavy atom. The van der Waals surface area contributed by atoms with Crippen molar-refractivity contribution in [2.75, 3.05) is 13.1 Å². The number of pyridine rings is 1. The minimum Gasteiger partial charge on any atom is -0.339 e. The molecule has 2 heterocycles. The molecule has 3 rings (SSSR count). The van der Waals surface area contributed by atoms with E-state index in [1.165, 1.54) is 12.1 Å². The van der Waals surface area contributed by atoms with Crippen LogP contribution in [-0.2, 0) is 10.0 Å². The maximum Gasteiger partial charge on any atom is 0.253 e. The Bertz CT molecular complexity index is 863. The molecule has 1 aliphatic heterocycles. The van der Waals surface area contributed by atoms with Crippen molar-refractivity contribution < 1.29 is 13.2 Å². The number of hydrogen-bond acceptors (Lipinski definition) is 4. The third-order valence-electron chi connectivity index (χ3n) is 4.54. The van der Waals surface area contributed by atoms with Crippen molar-refractivity contribution in [3.8, 4) is 0 Å². The summed E-state index contributed by atoms with van der Waals surface area (Å²) in [5.74, 6) is -0.115. The molecule has 7 heteroatoms. The molecule has 1 aromatic carbocycles. The monoisotopic (exact) mass is 373 g/mol. The van der Waals surface area contributed by atoms with Gasteiger partial charge in [0.1, 0.15) is 0 Å². The first-order valence-corrected chi connectivity index (χ1v) is 10.3. The maximum absolute atomic E-state index is 12.8. The molecule has 2 aromatic rings. The Hall–Kier alpha value is -2.25. The minimum absolute atomic E-state index is 0.0944. The van der Waals surface area contributed by atoms with Crippen LogP contribution in [-0.4, -0.2) is 37.3 Å². The zero-order valence-corrected chi connectivity index (χ0v) is 15.6. The van der Waals surface area contributed by atoms with Gasteiger partial charge in [-0.15, -0.1) is 0 Å². The van der Waals surface area contributed by atoms with Gasteiger partial charge in [0.05, 0.1) is 16.6 Å². The molecule has 1 aromatic heterocycles. The summed E-state index contributed by atoms with van der Waals surface area (Å²) >= 11 is 0. The Labute approximate surface area is 154 Å². The summed E-state index contributed by atoms with van der Waals surface area (Å²) < 4.78 is 28.3. The molecule has 1 aliphatic rings. The predicted molar refractivity (Wildman–Crippen MR) is 99.2 cm³/mol. The van der Waals surface area contributed by atoms with Gasteiger partial charge in [0.2, 0.25) is 10.0 Å². The van der Waals surface area contributed by atoms with Crippen LogP contribution in [0.4, 0.5) is 0 Å². The Morgan fingerprint density at radius 2 is 1.96 bits per heavy atom. The van der Waals surface area contributed by atoms with E-state index in [1.54, 1.807) is 35.4 Å². The summed E-state index contributed by atoms with van der Waals surface area (Å²) in [5.41, 5.74) is 1.07. The molecular weight excluding hydrogens is 350 g/mol. The fourth-order valence-corrected chi connectivity index (χ4v) is 4.43. The van der Waals surface area contributed by atoms with Crippen LogP contribution in [0.5, 0.6) is 0 Å². The van der Waals surface area contributed by atoms with Gasteiger partial charge < -0.3 is 4.90 Å². The quantitative estimate of drug-likeness (QED) is 0.844. The Morgan fingerprint density at radius 3 is 2.62 bits per heavy atom. The predicted octanol–water partition coefficient (Wildman–Crippen LogP) is 2.75. The zero-order valence-electron chi connectivity index (χ0n) is 14.8. The number of nitrogens with one attached hydrogen (secondary N) is 1. The molecule has 1 saturated heterocycles. The van der Waals surface area contributed by atoms with E-state index in [9.17, 15) is 13.2 Å². The van der Waals surface area contributed by atoms with Gasteiger partial charge in [-0.3, -0.25) is 9.78 Å². The summed E-state index contributed by atoms with van der Waals surface area (Å²) in [6, 6.07) is 11.2. The van der Waals surface area contributed by atoms with E-state index >= 15 is 0 Å². The summed E-state index contributed by atoms with van der Waals surface area (Å²) in [5, 5.41) is 0. The number of benzene rings is 1. The van der Waals surface area contributed by atoms with Crippen LogP contribution in [0, 0.1) is 0 Å². The molecular formula is C19H23N3O3S. The second-order valence-corrected chi connectivity index (χ2v) is 8.08. The number of carbonyl (C=O) groups is 1. The van der Waals surface area contributed by atoms with Gasteiger partial charge in [-0.1, -0.05) is 19.1 Å². The number of aromatic nitrogens is 1. The van der Waals surface area contributed by atoms with Crippen molar-refractivity contribution in [1.29, 1.82) is 0 Å². The number of rotatable bonds is 6. The van der Waals surface area contributed by atoms with E-state index < -0.39 is 16.1 Å². The van der Waals surface area contributed by atoms with E-state index in [2.05, 4.69) is 9.71 Å². The number of amides is 1. The normalized spacial score (nSPS) is 15.8. The van der Waals surface area contributed by atoms with Crippen molar-refractivity contribution >= 4 is 15.9 Å². The molecule has 1 atom stereocenters. The van der Waals surface area contributed by atoms with E-state index in [-0.39, 0.29) is 10.8 Å². The van der Waals surface area contributed by atoms with Crippen LogP contribution >= 0.6 is 0 Å². The Balaban J connectivity index is 1.82. The van der Waals surface area contributed by atoms with Crippen molar-refractivity contribution in [3.63, 3.8) is 0 Å². The van der Waals surface area contributed by atoms with E-state index in [1.807, 2.05) is 13.0 Å². The molecule has 26 heavy (non-hydrogen) atoms. The average Bonchev–Trinajstić information content (AvgIpc) is 3.21. The molecule has 0 radical (unpaired) electrons. The average molecular weight is 373 g/mol. The molecule has 0 saturated carbocycles. The third kappa shape index (κ3) is 4.11. The molecule has 1 N–H and O–H groups in total. The molecule has 0 aliphatic carbocycles. The molecule has 1 fully saturated rings. The number of nitrogens with zero attached hydrogens (tertiary/aromatic N) is 2. The topological polar surface area (TPSA) is 79.4 Å². The van der Waals surface area contributed by atoms with Crippen molar-refractivity contribution in [1.82, 2.24) is 14.6 Å². The van der Waals surface area contributed by atoms with Crippen molar-refractivity contribution in [2.45, 2.75) is 37.1 Å². The van der Waals surface area contributed by atoms with Crippen LogP contribution < -0.4 is 4.72 Å². The minimum atomic E-state index is -3.76. The number of carbonyl (C=O) groups excluding carboxylic acids is 1. The first kappa shape index (κ1) is 18.5. The standard InChI is InChI=1S/C19H23N3O3S/c1-2-17(18-10-3-4-11-20-18)21-26(24,25)16-9-7-8-15(14-16)19(23)22-12-5-6-13-22/h3-4,7-11,14,17,21H,2,5-6,12-13H2,1H3. The van der Waals surface area contributed by atoms with Crippen molar-refractivity contribution in [2.24, 2.45) is 0 Å². The smallest absolute Gasteiger partial charge is 0.253 e. The van der Waals surface area contributed by atoms with Crippen molar-refractivity contribution in [3.05, 3.63) is 59.9 Å². The highest BCUT2D eigenvalue weighted by atomic mass is 32.2. The van der Waals surface area contributed by atoms with E-state index in [0.717, 1.165) is 25.9 Å². The van der Waals surface area contributed by atoms with Gasteiger partial charge in [0, 0.05) is 24.8 Å². The fraction of sp³-hybridized carbons (Fsp3) is 0.368. The Kier molecular flexibility index (Phi) is 5.68.